The first kappa shape index (κ1) is 32.2. The number of fused-ring (bicyclic) bond motifs is 8. The van der Waals surface area contributed by atoms with Gasteiger partial charge in [0.2, 0.25) is 0 Å². The zero-order chi connectivity index (χ0) is 37.2. The molecule has 1 spiro atoms. The molecule has 4 bridgehead atoms. The van der Waals surface area contributed by atoms with Crippen LogP contribution in [0.3, 0.4) is 0 Å². The highest BCUT2D eigenvalue weighted by atomic mass is 32.1. The van der Waals surface area contributed by atoms with Crippen molar-refractivity contribution in [1.82, 2.24) is 15.0 Å². The van der Waals surface area contributed by atoms with Gasteiger partial charge < -0.3 is 0 Å². The standard InChI is InChI=1S/C53H39N3S/c1-2-9-35(10-3-1)50-54-51(36-16-14-33(15-17-36)37-20-23-48-44(29-37)42-12-6-7-13-47(42)57-48)56-52(55-50)38-18-21-43-46(30-38)53(39-25-31-24-32(27-39)28-40(53)26-31)45-22-19-34-8-4-5-11-41(34)49(43)45/h1-23,29-32,39-40H,24-28H2. The molecular formula is C53H39N3S. The Morgan fingerprint density at radius 1 is 0.421 bits per heavy atom. The van der Waals surface area contributed by atoms with E-state index < -0.39 is 0 Å². The molecule has 5 aliphatic carbocycles. The second-order valence-corrected chi connectivity index (χ2v) is 18.3. The highest BCUT2D eigenvalue weighted by Crippen LogP contribution is 2.70. The van der Waals surface area contributed by atoms with Gasteiger partial charge >= 0.3 is 0 Å². The second-order valence-electron chi connectivity index (χ2n) is 17.2. The van der Waals surface area contributed by atoms with E-state index in [1.807, 2.05) is 17.4 Å². The molecule has 4 heteroatoms. The Hall–Kier alpha value is -5.97. The van der Waals surface area contributed by atoms with Crippen molar-refractivity contribution < 1.29 is 0 Å². The monoisotopic (exact) mass is 749 g/mol. The predicted octanol–water partition coefficient (Wildman–Crippen LogP) is 13.8. The molecule has 0 N–H and O–H groups in total. The Morgan fingerprint density at radius 2 is 1.02 bits per heavy atom. The third-order valence-corrected chi connectivity index (χ3v) is 15.5. The van der Waals surface area contributed by atoms with Gasteiger partial charge in [0.05, 0.1) is 0 Å². The minimum atomic E-state index is 0.0460. The van der Waals surface area contributed by atoms with Gasteiger partial charge in [0, 0.05) is 42.3 Å². The van der Waals surface area contributed by atoms with Crippen LogP contribution in [0.1, 0.15) is 43.2 Å². The number of nitrogens with zero attached hydrogens (tertiary/aromatic N) is 3. The summed E-state index contributed by atoms with van der Waals surface area (Å²) in [5.74, 6) is 5.27. The third kappa shape index (κ3) is 4.68. The summed E-state index contributed by atoms with van der Waals surface area (Å²) >= 11 is 1.86. The second kappa shape index (κ2) is 12.0. The van der Waals surface area contributed by atoms with E-state index in [4.69, 9.17) is 15.0 Å². The number of aromatic nitrogens is 3. The normalized spacial score (nSPS) is 22.8. The molecule has 2 aromatic heterocycles. The van der Waals surface area contributed by atoms with E-state index in [1.165, 1.54) is 90.9 Å². The number of rotatable bonds is 4. The molecule has 0 radical (unpaired) electrons. The molecule has 0 amide bonds. The molecule has 3 nitrogen and oxygen atoms in total. The van der Waals surface area contributed by atoms with Gasteiger partial charge in [-0.3, -0.25) is 0 Å². The van der Waals surface area contributed by atoms with E-state index in [0.717, 1.165) is 34.4 Å². The quantitative estimate of drug-likeness (QED) is 0.180. The summed E-state index contributed by atoms with van der Waals surface area (Å²) in [6.07, 6.45) is 6.85. The fourth-order valence-corrected chi connectivity index (χ4v) is 13.3. The molecule has 0 unspecified atom stereocenters. The first-order chi connectivity index (χ1) is 28.2. The molecule has 14 rings (SSSR count). The topological polar surface area (TPSA) is 38.7 Å². The Kier molecular flexibility index (Phi) is 6.78. The summed E-state index contributed by atoms with van der Waals surface area (Å²) in [5, 5.41) is 5.34. The molecule has 0 aliphatic heterocycles. The third-order valence-electron chi connectivity index (χ3n) is 14.3. The molecular weight excluding hydrogens is 711 g/mol. The summed E-state index contributed by atoms with van der Waals surface area (Å²) < 4.78 is 2.65. The molecule has 4 saturated carbocycles. The number of hydrogen-bond acceptors (Lipinski definition) is 4. The van der Waals surface area contributed by atoms with Crippen molar-refractivity contribution in [2.75, 3.05) is 0 Å². The first-order valence-electron chi connectivity index (χ1n) is 20.7. The van der Waals surface area contributed by atoms with Gasteiger partial charge in [-0.15, -0.1) is 11.3 Å². The van der Waals surface area contributed by atoms with E-state index in [2.05, 4.69) is 146 Å². The molecule has 2 heterocycles. The van der Waals surface area contributed by atoms with Crippen LogP contribution in [0.2, 0.25) is 0 Å². The van der Waals surface area contributed by atoms with Crippen molar-refractivity contribution in [3.05, 3.63) is 163 Å². The fraction of sp³-hybridized carbons (Fsp3) is 0.189. The van der Waals surface area contributed by atoms with Crippen LogP contribution < -0.4 is 0 Å². The lowest BCUT2D eigenvalue weighted by atomic mass is 9.43. The van der Waals surface area contributed by atoms with Crippen LogP contribution in [0, 0.1) is 23.7 Å². The maximum absolute atomic E-state index is 5.30. The largest absolute Gasteiger partial charge is 0.208 e. The Morgan fingerprint density at radius 3 is 1.79 bits per heavy atom. The van der Waals surface area contributed by atoms with Gasteiger partial charge in [-0.2, -0.15) is 0 Å². The van der Waals surface area contributed by atoms with Crippen molar-refractivity contribution in [2.24, 2.45) is 23.7 Å². The van der Waals surface area contributed by atoms with Gasteiger partial charge in [-0.05, 0) is 124 Å². The zero-order valence-corrected chi connectivity index (χ0v) is 32.3. The van der Waals surface area contributed by atoms with Crippen LogP contribution in [-0.2, 0) is 5.41 Å². The van der Waals surface area contributed by atoms with Crippen molar-refractivity contribution in [3.63, 3.8) is 0 Å². The van der Waals surface area contributed by atoms with Crippen molar-refractivity contribution in [3.8, 4) is 56.4 Å². The van der Waals surface area contributed by atoms with E-state index in [9.17, 15) is 0 Å². The van der Waals surface area contributed by atoms with Gasteiger partial charge in [-0.25, -0.2) is 15.0 Å². The Bertz CT molecular complexity index is 3060. The molecule has 272 valence electrons. The highest BCUT2D eigenvalue weighted by molar-refractivity contribution is 7.25. The average molecular weight is 750 g/mol. The predicted molar refractivity (Wildman–Crippen MR) is 235 cm³/mol. The molecule has 57 heavy (non-hydrogen) atoms. The van der Waals surface area contributed by atoms with Crippen molar-refractivity contribution >= 4 is 42.3 Å². The molecule has 7 aromatic carbocycles. The summed E-state index contributed by atoms with van der Waals surface area (Å²) in [4.78, 5) is 15.7. The highest BCUT2D eigenvalue weighted by Gasteiger charge is 2.61. The minimum Gasteiger partial charge on any atom is -0.208 e. The smallest absolute Gasteiger partial charge is 0.164 e. The molecule has 0 saturated heterocycles. The van der Waals surface area contributed by atoms with Crippen LogP contribution in [-0.4, -0.2) is 15.0 Å². The van der Waals surface area contributed by atoms with E-state index >= 15 is 0 Å². The molecule has 9 aromatic rings. The summed E-state index contributed by atoms with van der Waals surface area (Å²) in [6, 6.07) is 55.8. The van der Waals surface area contributed by atoms with E-state index in [1.54, 1.807) is 5.56 Å². The van der Waals surface area contributed by atoms with Crippen LogP contribution in [0.4, 0.5) is 0 Å². The van der Waals surface area contributed by atoms with Gasteiger partial charge in [0.15, 0.2) is 17.5 Å². The number of benzene rings is 7. The van der Waals surface area contributed by atoms with Crippen LogP contribution in [0.5, 0.6) is 0 Å². The van der Waals surface area contributed by atoms with Crippen molar-refractivity contribution in [1.29, 1.82) is 0 Å². The lowest BCUT2D eigenvalue weighted by Gasteiger charge is -2.61. The van der Waals surface area contributed by atoms with Crippen LogP contribution in [0.25, 0.3) is 87.4 Å². The number of hydrogen-bond donors (Lipinski definition) is 0. The van der Waals surface area contributed by atoms with Crippen molar-refractivity contribution in [2.45, 2.75) is 37.5 Å². The van der Waals surface area contributed by atoms with Crippen LogP contribution in [0.15, 0.2) is 152 Å². The summed E-state index contributed by atoms with van der Waals surface area (Å²) in [6.45, 7) is 0. The van der Waals surface area contributed by atoms with Gasteiger partial charge in [0.1, 0.15) is 0 Å². The summed E-state index contributed by atoms with van der Waals surface area (Å²) in [5.41, 5.74) is 11.5. The Balaban J connectivity index is 0.955. The average Bonchev–Trinajstić information content (AvgIpc) is 3.79. The lowest BCUT2D eigenvalue weighted by molar-refractivity contribution is -0.0399. The molecule has 0 atom stereocenters. The minimum absolute atomic E-state index is 0.0460. The number of thiophene rings is 1. The van der Waals surface area contributed by atoms with Gasteiger partial charge in [-0.1, -0.05) is 127 Å². The van der Waals surface area contributed by atoms with Crippen LogP contribution >= 0.6 is 11.3 Å². The Labute approximate surface area is 336 Å². The molecule has 4 fully saturated rings. The molecule has 5 aliphatic rings. The maximum atomic E-state index is 5.30. The zero-order valence-electron chi connectivity index (χ0n) is 31.5. The summed E-state index contributed by atoms with van der Waals surface area (Å²) in [7, 11) is 0. The lowest BCUT2D eigenvalue weighted by Crippen LogP contribution is -2.55. The van der Waals surface area contributed by atoms with E-state index in [0.29, 0.717) is 23.5 Å². The van der Waals surface area contributed by atoms with Gasteiger partial charge in [0.25, 0.3) is 0 Å². The maximum Gasteiger partial charge on any atom is 0.164 e. The van der Waals surface area contributed by atoms with E-state index in [-0.39, 0.29) is 5.41 Å². The SMILES string of the molecule is c1ccc(-c2nc(-c3ccc(-c4ccc5sc6ccccc6c5c4)cc3)nc(-c3ccc4c(c3)C3(c5ccc6ccccc6c5-4)C4CC5CC(C4)CC3C5)n2)cc1. The fourth-order valence-electron chi connectivity index (χ4n) is 12.2. The first-order valence-corrected chi connectivity index (χ1v) is 21.5.